The number of aliphatic imine (C=N–C) groups is 1. The third-order valence-corrected chi connectivity index (χ3v) is 2.90. The SMILES string of the molecule is CC(C)CCCCCCNC1=NCCCN1. The standard InChI is InChI=1S/C13H27N3/c1-12(2)8-5-3-4-6-9-14-13-15-10-7-11-16-13/h12H,3-11H2,1-2H3,(H2,14,15,16). The van der Waals surface area contributed by atoms with Gasteiger partial charge in [-0.1, -0.05) is 39.5 Å². The number of hydrogen-bond acceptors (Lipinski definition) is 3. The van der Waals surface area contributed by atoms with E-state index in [1.165, 1.54) is 38.5 Å². The van der Waals surface area contributed by atoms with Crippen molar-refractivity contribution < 1.29 is 0 Å². The molecule has 0 bridgehead atoms. The Bertz CT molecular complexity index is 199. The zero-order chi connectivity index (χ0) is 11.6. The Kier molecular flexibility index (Phi) is 7.02. The zero-order valence-corrected chi connectivity index (χ0v) is 10.9. The molecule has 0 aliphatic carbocycles. The van der Waals surface area contributed by atoms with E-state index >= 15 is 0 Å². The third-order valence-electron chi connectivity index (χ3n) is 2.90. The van der Waals surface area contributed by atoms with E-state index in [9.17, 15) is 0 Å². The molecular formula is C13H27N3. The van der Waals surface area contributed by atoms with E-state index in [0.717, 1.165) is 31.5 Å². The molecule has 16 heavy (non-hydrogen) atoms. The molecule has 0 saturated heterocycles. The van der Waals surface area contributed by atoms with Crippen LogP contribution in [0.3, 0.4) is 0 Å². The first-order valence-corrected chi connectivity index (χ1v) is 6.81. The second-order valence-corrected chi connectivity index (χ2v) is 5.03. The normalized spacial score (nSPS) is 15.8. The predicted molar refractivity (Wildman–Crippen MR) is 70.8 cm³/mol. The van der Waals surface area contributed by atoms with Crippen molar-refractivity contribution in [2.75, 3.05) is 19.6 Å². The lowest BCUT2D eigenvalue weighted by Crippen LogP contribution is -2.41. The molecule has 0 radical (unpaired) electrons. The smallest absolute Gasteiger partial charge is 0.191 e. The first-order chi connectivity index (χ1) is 7.79. The minimum absolute atomic E-state index is 0.860. The van der Waals surface area contributed by atoms with Gasteiger partial charge in [0.25, 0.3) is 0 Å². The van der Waals surface area contributed by atoms with E-state index in [4.69, 9.17) is 0 Å². The van der Waals surface area contributed by atoms with Gasteiger partial charge in [0.15, 0.2) is 5.96 Å². The summed E-state index contributed by atoms with van der Waals surface area (Å²) >= 11 is 0. The highest BCUT2D eigenvalue weighted by Crippen LogP contribution is 2.08. The van der Waals surface area contributed by atoms with Crippen LogP contribution in [0.5, 0.6) is 0 Å². The van der Waals surface area contributed by atoms with Crippen molar-refractivity contribution in [1.82, 2.24) is 10.6 Å². The maximum atomic E-state index is 4.38. The van der Waals surface area contributed by atoms with Gasteiger partial charge in [0.1, 0.15) is 0 Å². The van der Waals surface area contributed by atoms with Crippen molar-refractivity contribution in [3.05, 3.63) is 0 Å². The molecule has 1 rings (SSSR count). The summed E-state index contributed by atoms with van der Waals surface area (Å²) in [7, 11) is 0. The van der Waals surface area contributed by atoms with Gasteiger partial charge in [-0.3, -0.25) is 4.99 Å². The van der Waals surface area contributed by atoms with E-state index in [1.807, 2.05) is 0 Å². The van der Waals surface area contributed by atoms with E-state index in [0.29, 0.717) is 0 Å². The highest BCUT2D eigenvalue weighted by Gasteiger charge is 2.01. The molecule has 2 N–H and O–H groups in total. The predicted octanol–water partition coefficient (Wildman–Crippen LogP) is 2.53. The molecule has 0 spiro atoms. The van der Waals surface area contributed by atoms with Crippen LogP contribution in [0.25, 0.3) is 0 Å². The number of guanidine groups is 1. The fourth-order valence-electron chi connectivity index (χ4n) is 1.89. The molecule has 0 aromatic rings. The summed E-state index contributed by atoms with van der Waals surface area (Å²) in [5.41, 5.74) is 0. The Morgan fingerprint density at radius 3 is 2.75 bits per heavy atom. The van der Waals surface area contributed by atoms with Crippen molar-refractivity contribution in [1.29, 1.82) is 0 Å². The Labute approximate surface area is 100 Å². The summed E-state index contributed by atoms with van der Waals surface area (Å²) in [5, 5.41) is 6.64. The van der Waals surface area contributed by atoms with Crippen LogP contribution < -0.4 is 10.6 Å². The highest BCUT2D eigenvalue weighted by atomic mass is 15.2. The number of hydrogen-bond donors (Lipinski definition) is 2. The maximum Gasteiger partial charge on any atom is 0.191 e. The monoisotopic (exact) mass is 225 g/mol. The number of nitrogens with zero attached hydrogens (tertiary/aromatic N) is 1. The van der Waals surface area contributed by atoms with Crippen molar-refractivity contribution in [3.63, 3.8) is 0 Å². The lowest BCUT2D eigenvalue weighted by Gasteiger charge is -2.15. The summed E-state index contributed by atoms with van der Waals surface area (Å²) in [6, 6.07) is 0. The molecular weight excluding hydrogens is 198 g/mol. The second-order valence-electron chi connectivity index (χ2n) is 5.03. The molecule has 0 unspecified atom stereocenters. The van der Waals surface area contributed by atoms with E-state index in [2.05, 4.69) is 29.5 Å². The summed E-state index contributed by atoms with van der Waals surface area (Å²) in [4.78, 5) is 4.38. The summed E-state index contributed by atoms with van der Waals surface area (Å²) in [6.07, 6.45) is 7.91. The minimum atomic E-state index is 0.860. The van der Waals surface area contributed by atoms with Gasteiger partial charge in [-0.2, -0.15) is 0 Å². The number of rotatable bonds is 7. The van der Waals surface area contributed by atoms with Gasteiger partial charge in [0.05, 0.1) is 0 Å². The van der Waals surface area contributed by atoms with Gasteiger partial charge in [0.2, 0.25) is 0 Å². The Hall–Kier alpha value is -0.730. The average molecular weight is 225 g/mol. The first-order valence-electron chi connectivity index (χ1n) is 6.81. The van der Waals surface area contributed by atoms with Crippen LogP contribution >= 0.6 is 0 Å². The van der Waals surface area contributed by atoms with Gasteiger partial charge in [-0.05, 0) is 18.8 Å². The van der Waals surface area contributed by atoms with Gasteiger partial charge >= 0.3 is 0 Å². The van der Waals surface area contributed by atoms with E-state index < -0.39 is 0 Å². The van der Waals surface area contributed by atoms with E-state index in [1.54, 1.807) is 0 Å². The van der Waals surface area contributed by atoms with Crippen LogP contribution in [0.1, 0.15) is 52.4 Å². The van der Waals surface area contributed by atoms with Gasteiger partial charge in [0, 0.05) is 19.6 Å². The fourth-order valence-corrected chi connectivity index (χ4v) is 1.89. The molecule has 1 aliphatic rings. The molecule has 0 aromatic heterocycles. The lowest BCUT2D eigenvalue weighted by atomic mass is 10.0. The van der Waals surface area contributed by atoms with Crippen molar-refractivity contribution in [2.24, 2.45) is 10.9 Å². The Morgan fingerprint density at radius 1 is 1.25 bits per heavy atom. The maximum absolute atomic E-state index is 4.38. The topological polar surface area (TPSA) is 36.4 Å². The largest absolute Gasteiger partial charge is 0.356 e. The molecule has 0 fully saturated rings. The molecule has 0 aromatic carbocycles. The van der Waals surface area contributed by atoms with Crippen molar-refractivity contribution in [2.45, 2.75) is 52.4 Å². The summed E-state index contributed by atoms with van der Waals surface area (Å²) in [5.74, 6) is 1.87. The number of unbranched alkanes of at least 4 members (excludes halogenated alkanes) is 3. The Morgan fingerprint density at radius 2 is 2.06 bits per heavy atom. The fraction of sp³-hybridized carbons (Fsp3) is 0.923. The van der Waals surface area contributed by atoms with Crippen molar-refractivity contribution >= 4 is 5.96 Å². The summed E-state index contributed by atoms with van der Waals surface area (Å²) < 4.78 is 0. The molecule has 0 amide bonds. The molecule has 3 heteroatoms. The van der Waals surface area contributed by atoms with Gasteiger partial charge in [-0.15, -0.1) is 0 Å². The summed E-state index contributed by atoms with van der Waals surface area (Å²) in [6.45, 7) is 7.71. The average Bonchev–Trinajstić information content (AvgIpc) is 2.29. The second kappa shape index (κ2) is 8.43. The van der Waals surface area contributed by atoms with Gasteiger partial charge in [-0.25, -0.2) is 0 Å². The molecule has 1 aliphatic heterocycles. The quantitative estimate of drug-likeness (QED) is 0.653. The number of nitrogens with one attached hydrogen (secondary N) is 2. The molecule has 1 heterocycles. The van der Waals surface area contributed by atoms with Crippen LogP contribution in [0.15, 0.2) is 4.99 Å². The van der Waals surface area contributed by atoms with Gasteiger partial charge < -0.3 is 10.6 Å². The highest BCUT2D eigenvalue weighted by molar-refractivity contribution is 5.80. The van der Waals surface area contributed by atoms with Crippen LogP contribution in [-0.4, -0.2) is 25.6 Å². The molecule has 3 nitrogen and oxygen atoms in total. The Balaban J connectivity index is 1.86. The van der Waals surface area contributed by atoms with Crippen LogP contribution in [0.2, 0.25) is 0 Å². The molecule has 0 saturated carbocycles. The minimum Gasteiger partial charge on any atom is -0.356 e. The van der Waals surface area contributed by atoms with Crippen LogP contribution in [0.4, 0.5) is 0 Å². The molecule has 0 atom stereocenters. The van der Waals surface area contributed by atoms with Crippen molar-refractivity contribution in [3.8, 4) is 0 Å². The van der Waals surface area contributed by atoms with Crippen LogP contribution in [-0.2, 0) is 0 Å². The third kappa shape index (κ3) is 6.70. The molecule has 94 valence electrons. The van der Waals surface area contributed by atoms with E-state index in [-0.39, 0.29) is 0 Å². The lowest BCUT2D eigenvalue weighted by molar-refractivity contribution is 0.518. The zero-order valence-electron chi connectivity index (χ0n) is 10.9. The first kappa shape index (κ1) is 13.3. The van der Waals surface area contributed by atoms with Crippen LogP contribution in [0, 0.1) is 5.92 Å².